The van der Waals surface area contributed by atoms with E-state index < -0.39 is 0 Å². The molecule has 7 heteroatoms. The Morgan fingerprint density at radius 1 is 1.40 bits per heavy atom. The molecule has 0 bridgehead atoms. The zero-order valence-electron chi connectivity index (χ0n) is 14.8. The van der Waals surface area contributed by atoms with E-state index in [0.717, 1.165) is 59.5 Å². The van der Waals surface area contributed by atoms with Crippen molar-refractivity contribution < 1.29 is 9.53 Å². The number of carbonyl (C=O) groups is 1. The van der Waals surface area contributed by atoms with Crippen molar-refractivity contribution in [3.63, 3.8) is 0 Å². The maximum atomic E-state index is 12.1. The van der Waals surface area contributed by atoms with E-state index in [4.69, 9.17) is 9.72 Å². The predicted octanol–water partition coefficient (Wildman–Crippen LogP) is 3.85. The number of benzene rings is 1. The van der Waals surface area contributed by atoms with Crippen molar-refractivity contribution in [2.24, 2.45) is 5.92 Å². The number of morpholine rings is 1. The van der Waals surface area contributed by atoms with Crippen molar-refractivity contribution in [1.29, 1.82) is 0 Å². The number of thioether (sulfide) groups is 1. The molecule has 0 atom stereocenters. The van der Waals surface area contributed by atoms with Gasteiger partial charge in [-0.1, -0.05) is 25.2 Å². The number of anilines is 2. The highest BCUT2D eigenvalue weighted by Crippen LogP contribution is 2.31. The van der Waals surface area contributed by atoms with Crippen LogP contribution in [0, 0.1) is 5.92 Å². The molecule has 25 heavy (non-hydrogen) atoms. The Labute approximate surface area is 157 Å². The first-order valence-electron chi connectivity index (χ1n) is 8.72. The van der Waals surface area contributed by atoms with Crippen LogP contribution in [0.4, 0.5) is 10.8 Å². The van der Waals surface area contributed by atoms with Crippen LogP contribution in [0.25, 0.3) is 10.2 Å². The standard InChI is InChI=1S/C18H25N3O2S2/c1-13(2)5-10-24-12-17(22)19-14-3-4-15-16(11-14)25-18(20-15)21-6-8-23-9-7-21/h3-4,11,13H,5-10,12H2,1-2H3,(H,19,22). The molecule has 3 rings (SSSR count). The summed E-state index contributed by atoms with van der Waals surface area (Å²) in [5, 5.41) is 4.03. The molecule has 0 aliphatic carbocycles. The molecule has 2 heterocycles. The lowest BCUT2D eigenvalue weighted by atomic mass is 10.2. The SMILES string of the molecule is CC(C)CCSCC(=O)Nc1ccc2nc(N3CCOCC3)sc2c1. The Morgan fingerprint density at radius 2 is 2.20 bits per heavy atom. The summed E-state index contributed by atoms with van der Waals surface area (Å²) < 4.78 is 6.50. The zero-order chi connectivity index (χ0) is 17.6. The minimum Gasteiger partial charge on any atom is -0.378 e. The van der Waals surface area contributed by atoms with Gasteiger partial charge in [0.1, 0.15) is 0 Å². The van der Waals surface area contributed by atoms with Crippen LogP contribution in [0.3, 0.4) is 0 Å². The van der Waals surface area contributed by atoms with E-state index in [2.05, 4.69) is 24.1 Å². The summed E-state index contributed by atoms with van der Waals surface area (Å²) in [5.41, 5.74) is 1.83. The molecule has 1 N–H and O–H groups in total. The molecule has 0 saturated carbocycles. The second-order valence-electron chi connectivity index (χ2n) is 6.56. The summed E-state index contributed by atoms with van der Waals surface area (Å²) >= 11 is 3.37. The van der Waals surface area contributed by atoms with E-state index in [9.17, 15) is 4.79 Å². The molecule has 1 aromatic heterocycles. The van der Waals surface area contributed by atoms with Crippen LogP contribution in [0.2, 0.25) is 0 Å². The van der Waals surface area contributed by atoms with E-state index in [1.54, 1.807) is 23.1 Å². The first kappa shape index (κ1) is 18.5. The Morgan fingerprint density at radius 3 is 2.96 bits per heavy atom. The molecule has 0 spiro atoms. The van der Waals surface area contributed by atoms with E-state index in [1.165, 1.54) is 0 Å². The molecule has 1 fully saturated rings. The lowest BCUT2D eigenvalue weighted by molar-refractivity contribution is -0.113. The van der Waals surface area contributed by atoms with Crippen molar-refractivity contribution in [1.82, 2.24) is 4.98 Å². The maximum absolute atomic E-state index is 12.1. The van der Waals surface area contributed by atoms with Gasteiger partial charge in [-0.05, 0) is 36.3 Å². The molecule has 0 unspecified atom stereocenters. The number of thiazole rings is 1. The summed E-state index contributed by atoms with van der Waals surface area (Å²) in [6, 6.07) is 5.94. The fourth-order valence-corrected chi connectivity index (χ4v) is 4.66. The van der Waals surface area contributed by atoms with Gasteiger partial charge in [-0.3, -0.25) is 4.79 Å². The molecule has 2 aromatic rings. The first-order chi connectivity index (χ1) is 12.1. The van der Waals surface area contributed by atoms with Crippen LogP contribution in [0.1, 0.15) is 20.3 Å². The van der Waals surface area contributed by atoms with Crippen molar-refractivity contribution >= 4 is 50.0 Å². The highest BCUT2D eigenvalue weighted by molar-refractivity contribution is 7.99. The second kappa shape index (κ2) is 8.87. The average Bonchev–Trinajstić information content (AvgIpc) is 3.03. The average molecular weight is 380 g/mol. The third-order valence-corrected chi connectivity index (χ3v) is 6.08. The number of rotatable bonds is 7. The van der Waals surface area contributed by atoms with Crippen molar-refractivity contribution in [3.05, 3.63) is 18.2 Å². The smallest absolute Gasteiger partial charge is 0.234 e. The van der Waals surface area contributed by atoms with Crippen LogP contribution in [0.15, 0.2) is 18.2 Å². The zero-order valence-corrected chi connectivity index (χ0v) is 16.4. The van der Waals surface area contributed by atoms with Gasteiger partial charge in [-0.25, -0.2) is 4.98 Å². The van der Waals surface area contributed by atoms with Gasteiger partial charge in [-0.2, -0.15) is 11.8 Å². The summed E-state index contributed by atoms with van der Waals surface area (Å²) in [7, 11) is 0. The lowest BCUT2D eigenvalue weighted by Crippen LogP contribution is -2.36. The van der Waals surface area contributed by atoms with Gasteiger partial charge in [-0.15, -0.1) is 0 Å². The van der Waals surface area contributed by atoms with Crippen LogP contribution in [0.5, 0.6) is 0 Å². The number of fused-ring (bicyclic) bond motifs is 1. The number of hydrogen-bond donors (Lipinski definition) is 1. The lowest BCUT2D eigenvalue weighted by Gasteiger charge is -2.25. The highest BCUT2D eigenvalue weighted by Gasteiger charge is 2.15. The third kappa shape index (κ3) is 5.33. The predicted molar refractivity (Wildman–Crippen MR) is 108 cm³/mol. The molecule has 1 saturated heterocycles. The monoisotopic (exact) mass is 379 g/mol. The van der Waals surface area contributed by atoms with Crippen molar-refractivity contribution in [3.8, 4) is 0 Å². The number of nitrogens with zero attached hydrogens (tertiary/aromatic N) is 2. The number of aromatic nitrogens is 1. The Kier molecular flexibility index (Phi) is 6.56. The summed E-state index contributed by atoms with van der Waals surface area (Å²) in [6.07, 6.45) is 1.15. The molecule has 5 nitrogen and oxygen atoms in total. The number of nitrogens with one attached hydrogen (secondary N) is 1. The van der Waals surface area contributed by atoms with Crippen LogP contribution >= 0.6 is 23.1 Å². The minimum absolute atomic E-state index is 0.0611. The molecule has 136 valence electrons. The van der Waals surface area contributed by atoms with E-state index in [1.807, 2.05) is 18.2 Å². The molecular formula is C18H25N3O2S2. The maximum Gasteiger partial charge on any atom is 0.234 e. The summed E-state index contributed by atoms with van der Waals surface area (Å²) in [6.45, 7) is 7.69. The number of amides is 1. The van der Waals surface area contributed by atoms with Gasteiger partial charge >= 0.3 is 0 Å². The molecule has 1 aromatic carbocycles. The van der Waals surface area contributed by atoms with Crippen molar-refractivity contribution in [2.75, 3.05) is 48.0 Å². The Hall–Kier alpha value is -1.31. The summed E-state index contributed by atoms with van der Waals surface area (Å²) in [5.74, 6) is 2.28. The van der Waals surface area contributed by atoms with Gasteiger partial charge in [0.25, 0.3) is 0 Å². The van der Waals surface area contributed by atoms with Crippen LogP contribution in [-0.2, 0) is 9.53 Å². The minimum atomic E-state index is 0.0611. The molecule has 1 aliphatic rings. The van der Waals surface area contributed by atoms with Gasteiger partial charge < -0.3 is 15.0 Å². The fraction of sp³-hybridized carbons (Fsp3) is 0.556. The fourth-order valence-electron chi connectivity index (χ4n) is 2.56. The van der Waals surface area contributed by atoms with Crippen LogP contribution < -0.4 is 10.2 Å². The third-order valence-electron chi connectivity index (χ3n) is 4.02. The second-order valence-corrected chi connectivity index (χ2v) is 8.68. The van der Waals surface area contributed by atoms with Gasteiger partial charge in [0, 0.05) is 18.8 Å². The van der Waals surface area contributed by atoms with Crippen molar-refractivity contribution in [2.45, 2.75) is 20.3 Å². The summed E-state index contributed by atoms with van der Waals surface area (Å²) in [4.78, 5) is 19.0. The van der Waals surface area contributed by atoms with E-state index in [0.29, 0.717) is 11.7 Å². The number of ether oxygens (including phenoxy) is 1. The van der Waals surface area contributed by atoms with E-state index in [-0.39, 0.29) is 5.91 Å². The normalized spacial score (nSPS) is 15.1. The van der Waals surface area contributed by atoms with Gasteiger partial charge in [0.2, 0.25) is 5.91 Å². The number of carbonyl (C=O) groups excluding carboxylic acids is 1. The Bertz CT molecular complexity index is 711. The quantitative estimate of drug-likeness (QED) is 0.741. The van der Waals surface area contributed by atoms with Crippen LogP contribution in [-0.4, -0.2) is 48.7 Å². The van der Waals surface area contributed by atoms with Gasteiger partial charge in [0.05, 0.1) is 29.2 Å². The first-order valence-corrected chi connectivity index (χ1v) is 10.7. The number of hydrogen-bond acceptors (Lipinski definition) is 6. The largest absolute Gasteiger partial charge is 0.378 e. The highest BCUT2D eigenvalue weighted by atomic mass is 32.2. The molecule has 0 radical (unpaired) electrons. The topological polar surface area (TPSA) is 54.5 Å². The van der Waals surface area contributed by atoms with E-state index >= 15 is 0 Å². The molecule has 1 aliphatic heterocycles. The van der Waals surface area contributed by atoms with Gasteiger partial charge in [0.15, 0.2) is 5.13 Å². The Balaban J connectivity index is 1.58. The molecule has 1 amide bonds. The molecular weight excluding hydrogens is 354 g/mol.